The van der Waals surface area contributed by atoms with Gasteiger partial charge in [0.15, 0.2) is 0 Å². The Balaban J connectivity index is 2.71. The van der Waals surface area contributed by atoms with E-state index in [1.807, 2.05) is 0 Å². The molecule has 0 aliphatic heterocycles. The van der Waals surface area contributed by atoms with Gasteiger partial charge in [-0.15, -0.1) is 0 Å². The number of amides is 1. The molecule has 0 spiro atoms. The molecule has 1 N–H and O–H groups in total. The van der Waals surface area contributed by atoms with Gasteiger partial charge in [0.1, 0.15) is 5.15 Å². The maximum atomic E-state index is 11.2. The van der Waals surface area contributed by atoms with Crippen LogP contribution in [0.5, 0.6) is 0 Å². The van der Waals surface area contributed by atoms with Crippen molar-refractivity contribution in [2.24, 2.45) is 0 Å². The Hall–Kier alpha value is -0.680. The molecule has 0 saturated heterocycles. The van der Waals surface area contributed by atoms with Crippen LogP contribution in [0.15, 0.2) is 6.07 Å². The minimum absolute atomic E-state index is 0.136. The molecule has 0 aromatic carbocycles. The molecule has 0 unspecified atom stereocenters. The van der Waals surface area contributed by atoms with Crippen LogP contribution >= 0.6 is 27.5 Å². The SMILES string of the molecule is Cc1cc(Cl)nc(NC(=O)CCBr)n1. The number of nitrogens with zero attached hydrogens (tertiary/aromatic N) is 2. The summed E-state index contributed by atoms with van der Waals surface area (Å²) in [7, 11) is 0. The van der Waals surface area contributed by atoms with E-state index in [-0.39, 0.29) is 11.9 Å². The predicted octanol–water partition coefficient (Wildman–Crippen LogP) is 2.16. The van der Waals surface area contributed by atoms with E-state index in [0.29, 0.717) is 16.9 Å². The summed E-state index contributed by atoms with van der Waals surface area (Å²) in [5.41, 5.74) is 0.721. The van der Waals surface area contributed by atoms with Crippen LogP contribution in [0.2, 0.25) is 5.15 Å². The van der Waals surface area contributed by atoms with Crippen LogP contribution in [0.3, 0.4) is 0 Å². The second-order valence-corrected chi connectivity index (χ2v) is 3.82. The second-order valence-electron chi connectivity index (χ2n) is 2.64. The standard InChI is InChI=1S/C8H9BrClN3O/c1-5-4-6(10)12-8(11-5)13-7(14)2-3-9/h4H,2-3H2,1H3,(H,11,12,13,14). The summed E-state index contributed by atoms with van der Waals surface area (Å²) in [6.45, 7) is 1.79. The summed E-state index contributed by atoms with van der Waals surface area (Å²) >= 11 is 8.86. The summed E-state index contributed by atoms with van der Waals surface area (Å²) in [6.07, 6.45) is 0.384. The van der Waals surface area contributed by atoms with E-state index in [9.17, 15) is 4.79 Å². The molecule has 4 nitrogen and oxygen atoms in total. The highest BCUT2D eigenvalue weighted by atomic mass is 79.9. The third-order valence-electron chi connectivity index (χ3n) is 1.40. The Kier molecular flexibility index (Phi) is 4.28. The van der Waals surface area contributed by atoms with Crippen molar-refractivity contribution >= 4 is 39.4 Å². The lowest BCUT2D eigenvalue weighted by Crippen LogP contribution is -2.14. The zero-order valence-electron chi connectivity index (χ0n) is 7.55. The van der Waals surface area contributed by atoms with Crippen molar-refractivity contribution in [3.63, 3.8) is 0 Å². The van der Waals surface area contributed by atoms with Crippen LogP contribution in [-0.2, 0) is 4.79 Å². The highest BCUT2D eigenvalue weighted by molar-refractivity contribution is 9.09. The number of alkyl halides is 1. The Morgan fingerprint density at radius 3 is 2.93 bits per heavy atom. The Morgan fingerprint density at radius 1 is 1.64 bits per heavy atom. The monoisotopic (exact) mass is 277 g/mol. The first-order chi connectivity index (χ1) is 6.61. The average molecular weight is 279 g/mol. The second kappa shape index (κ2) is 5.26. The highest BCUT2D eigenvalue weighted by Crippen LogP contribution is 2.09. The molecule has 0 aliphatic carbocycles. The van der Waals surface area contributed by atoms with E-state index in [1.54, 1.807) is 13.0 Å². The summed E-state index contributed by atoms with van der Waals surface area (Å²) in [5, 5.41) is 3.48. The molecule has 14 heavy (non-hydrogen) atoms. The van der Waals surface area contributed by atoms with Gasteiger partial charge in [-0.1, -0.05) is 27.5 Å². The van der Waals surface area contributed by atoms with Gasteiger partial charge in [-0.05, 0) is 13.0 Å². The normalized spacial score (nSPS) is 9.93. The van der Waals surface area contributed by atoms with Crippen molar-refractivity contribution in [1.82, 2.24) is 9.97 Å². The van der Waals surface area contributed by atoms with Crippen LogP contribution < -0.4 is 5.32 Å². The van der Waals surface area contributed by atoms with Gasteiger partial charge in [0.2, 0.25) is 11.9 Å². The topological polar surface area (TPSA) is 54.9 Å². The van der Waals surface area contributed by atoms with Crippen LogP contribution in [0, 0.1) is 6.92 Å². The van der Waals surface area contributed by atoms with E-state index >= 15 is 0 Å². The predicted molar refractivity (Wildman–Crippen MR) is 58.8 cm³/mol. The number of rotatable bonds is 3. The number of hydrogen-bond donors (Lipinski definition) is 1. The number of carbonyl (C=O) groups excluding carboxylic acids is 1. The van der Waals surface area contributed by atoms with Crippen molar-refractivity contribution in [2.45, 2.75) is 13.3 Å². The Morgan fingerprint density at radius 2 is 2.36 bits per heavy atom. The molecule has 6 heteroatoms. The van der Waals surface area contributed by atoms with Crippen LogP contribution in [0.4, 0.5) is 5.95 Å². The number of aromatic nitrogens is 2. The summed E-state index contributed by atoms with van der Waals surface area (Å²) < 4.78 is 0. The van der Waals surface area contributed by atoms with Crippen molar-refractivity contribution in [2.75, 3.05) is 10.6 Å². The first kappa shape index (κ1) is 11.4. The summed E-state index contributed by atoms with van der Waals surface area (Å²) in [6, 6.07) is 1.63. The maximum Gasteiger partial charge on any atom is 0.231 e. The zero-order valence-corrected chi connectivity index (χ0v) is 9.89. The molecule has 0 saturated carbocycles. The highest BCUT2D eigenvalue weighted by Gasteiger charge is 2.04. The van der Waals surface area contributed by atoms with Gasteiger partial charge >= 0.3 is 0 Å². The molecule has 0 atom stereocenters. The lowest BCUT2D eigenvalue weighted by Gasteiger charge is -2.03. The number of carbonyl (C=O) groups is 1. The van der Waals surface area contributed by atoms with Gasteiger partial charge in [0.05, 0.1) is 0 Å². The first-order valence-corrected chi connectivity index (χ1v) is 5.49. The molecule has 0 bridgehead atoms. The van der Waals surface area contributed by atoms with Crippen LogP contribution in [-0.4, -0.2) is 21.2 Å². The molecule has 76 valence electrons. The number of anilines is 1. The van der Waals surface area contributed by atoms with Crippen molar-refractivity contribution in [1.29, 1.82) is 0 Å². The van der Waals surface area contributed by atoms with Gasteiger partial charge < -0.3 is 0 Å². The molecular formula is C8H9BrClN3O. The minimum atomic E-state index is -0.136. The van der Waals surface area contributed by atoms with E-state index in [0.717, 1.165) is 5.69 Å². The molecule has 1 amide bonds. The molecule has 0 aliphatic rings. The fraction of sp³-hybridized carbons (Fsp3) is 0.375. The summed E-state index contributed by atoms with van der Waals surface area (Å²) in [4.78, 5) is 19.0. The summed E-state index contributed by atoms with van der Waals surface area (Å²) in [5.74, 6) is 0.115. The van der Waals surface area contributed by atoms with E-state index in [1.165, 1.54) is 0 Å². The number of hydrogen-bond acceptors (Lipinski definition) is 3. The molecule has 1 aromatic rings. The third-order valence-corrected chi connectivity index (χ3v) is 1.99. The van der Waals surface area contributed by atoms with Crippen LogP contribution in [0.25, 0.3) is 0 Å². The van der Waals surface area contributed by atoms with Crippen molar-refractivity contribution < 1.29 is 4.79 Å². The van der Waals surface area contributed by atoms with E-state index in [2.05, 4.69) is 31.2 Å². The van der Waals surface area contributed by atoms with Gasteiger partial charge in [0, 0.05) is 17.4 Å². The number of halogens is 2. The largest absolute Gasteiger partial charge is 0.294 e. The first-order valence-electron chi connectivity index (χ1n) is 3.99. The molecule has 1 aromatic heterocycles. The average Bonchev–Trinajstić information content (AvgIpc) is 2.01. The van der Waals surface area contributed by atoms with Gasteiger partial charge in [-0.3, -0.25) is 10.1 Å². The molecular weight excluding hydrogens is 269 g/mol. The fourth-order valence-electron chi connectivity index (χ4n) is 0.859. The minimum Gasteiger partial charge on any atom is -0.294 e. The van der Waals surface area contributed by atoms with Crippen LogP contribution in [0.1, 0.15) is 12.1 Å². The fourth-order valence-corrected chi connectivity index (χ4v) is 1.46. The van der Waals surface area contributed by atoms with Crippen molar-refractivity contribution in [3.05, 3.63) is 16.9 Å². The molecule has 1 heterocycles. The third kappa shape index (κ3) is 3.59. The zero-order chi connectivity index (χ0) is 10.6. The van der Waals surface area contributed by atoms with Crippen molar-refractivity contribution in [3.8, 4) is 0 Å². The van der Waals surface area contributed by atoms with Gasteiger partial charge in [-0.2, -0.15) is 0 Å². The van der Waals surface area contributed by atoms with E-state index < -0.39 is 0 Å². The maximum absolute atomic E-state index is 11.2. The number of aryl methyl sites for hydroxylation is 1. The van der Waals surface area contributed by atoms with E-state index in [4.69, 9.17) is 11.6 Å². The Labute approximate surface area is 95.2 Å². The lowest BCUT2D eigenvalue weighted by molar-refractivity contribution is -0.115. The quantitative estimate of drug-likeness (QED) is 0.681. The van der Waals surface area contributed by atoms with Gasteiger partial charge in [0.25, 0.3) is 0 Å². The molecule has 1 rings (SSSR count). The molecule has 0 radical (unpaired) electrons. The smallest absolute Gasteiger partial charge is 0.231 e. The Bertz CT molecular complexity index is 325. The number of nitrogens with one attached hydrogen (secondary N) is 1. The molecule has 0 fully saturated rings. The lowest BCUT2D eigenvalue weighted by atomic mass is 10.4. The van der Waals surface area contributed by atoms with Gasteiger partial charge in [-0.25, -0.2) is 9.97 Å².